The molecule has 0 radical (unpaired) electrons. The van der Waals surface area contributed by atoms with Crippen LogP contribution in [0.5, 0.6) is 0 Å². The van der Waals surface area contributed by atoms with Crippen LogP contribution in [0, 0.1) is 0 Å². The highest BCUT2D eigenvalue weighted by atomic mass is 32.2. The average molecular weight is 723 g/mol. The van der Waals surface area contributed by atoms with E-state index >= 15 is 0 Å². The molecule has 0 amide bonds. The van der Waals surface area contributed by atoms with E-state index in [1.807, 2.05) is 38.1 Å². The van der Waals surface area contributed by atoms with Gasteiger partial charge in [-0.3, -0.25) is 0 Å². The summed E-state index contributed by atoms with van der Waals surface area (Å²) >= 11 is 3.59. The minimum absolute atomic E-state index is 0.301. The summed E-state index contributed by atoms with van der Waals surface area (Å²) in [5.41, 5.74) is 4.16. The van der Waals surface area contributed by atoms with Crippen LogP contribution in [0.25, 0.3) is 33.4 Å². The first-order chi connectivity index (χ1) is 24.4. The van der Waals surface area contributed by atoms with Crippen LogP contribution >= 0.6 is 23.5 Å². The second-order valence-electron chi connectivity index (χ2n) is 11.8. The van der Waals surface area contributed by atoms with Crippen molar-refractivity contribution in [2.75, 3.05) is 42.8 Å². The van der Waals surface area contributed by atoms with Crippen molar-refractivity contribution in [3.8, 4) is 22.5 Å². The Hall–Kier alpha value is -4.02. The summed E-state index contributed by atoms with van der Waals surface area (Å²) in [7, 11) is -3.76. The number of anilines is 1. The van der Waals surface area contributed by atoms with E-state index in [1.54, 1.807) is 35.7 Å². The van der Waals surface area contributed by atoms with Crippen molar-refractivity contribution in [1.82, 2.24) is 8.88 Å². The molecule has 9 heteroatoms. The molecular weight excluding hydrogens is 679 g/mol. The van der Waals surface area contributed by atoms with E-state index < -0.39 is 10.0 Å². The molecule has 1 heterocycles. The second-order valence-corrected chi connectivity index (χ2v) is 15.8. The molecule has 1 aliphatic heterocycles. The SMILES string of the molecule is CCN(CSc1ccccc1)c1ccc2c(-c3ccccc3S(=O)(=O)N(CC)CC)c3cc/c(=[N+](\CC)CSc4ccccc4)cc-3oc2c1. The van der Waals surface area contributed by atoms with Gasteiger partial charge in [-0.2, -0.15) is 4.31 Å². The van der Waals surface area contributed by atoms with Crippen LogP contribution in [-0.2, 0) is 10.0 Å². The van der Waals surface area contributed by atoms with Gasteiger partial charge in [0.05, 0.1) is 16.8 Å². The molecule has 50 heavy (non-hydrogen) atoms. The third-order valence-electron chi connectivity index (χ3n) is 8.92. The fourth-order valence-corrected chi connectivity index (χ4v) is 9.82. The summed E-state index contributed by atoms with van der Waals surface area (Å²) in [6.07, 6.45) is 0. The highest BCUT2D eigenvalue weighted by molar-refractivity contribution is 7.99. The van der Waals surface area contributed by atoms with Gasteiger partial charge in [0, 0.05) is 69.3 Å². The molecule has 2 aliphatic rings. The van der Waals surface area contributed by atoms with Gasteiger partial charge >= 0.3 is 0 Å². The smallest absolute Gasteiger partial charge is 0.243 e. The molecule has 0 saturated heterocycles. The third-order valence-corrected chi connectivity index (χ3v) is 13.1. The molecule has 6 nitrogen and oxygen atoms in total. The largest absolute Gasteiger partial charge is 0.456 e. The van der Waals surface area contributed by atoms with Gasteiger partial charge in [0.2, 0.25) is 15.4 Å². The summed E-state index contributed by atoms with van der Waals surface area (Å²) in [5.74, 6) is 2.28. The van der Waals surface area contributed by atoms with Crippen molar-refractivity contribution in [1.29, 1.82) is 0 Å². The average Bonchev–Trinajstić information content (AvgIpc) is 3.15. The predicted octanol–water partition coefficient (Wildman–Crippen LogP) is 9.35. The van der Waals surface area contributed by atoms with Crippen LogP contribution < -0.4 is 14.8 Å². The minimum Gasteiger partial charge on any atom is -0.456 e. The van der Waals surface area contributed by atoms with Crippen molar-refractivity contribution in [2.45, 2.75) is 42.4 Å². The molecule has 1 aliphatic carbocycles. The molecule has 0 bridgehead atoms. The highest BCUT2D eigenvalue weighted by Crippen LogP contribution is 2.43. The lowest BCUT2D eigenvalue weighted by molar-refractivity contribution is 0.445. The predicted molar refractivity (Wildman–Crippen MR) is 212 cm³/mol. The summed E-state index contributed by atoms with van der Waals surface area (Å²) in [5, 5.41) is 1.92. The third kappa shape index (κ3) is 7.66. The zero-order chi connectivity index (χ0) is 35.1. The van der Waals surface area contributed by atoms with E-state index in [9.17, 15) is 8.42 Å². The summed E-state index contributed by atoms with van der Waals surface area (Å²) < 4.78 is 38.8. The number of hydrogen-bond donors (Lipinski definition) is 0. The van der Waals surface area contributed by atoms with E-state index in [2.05, 4.69) is 108 Å². The summed E-state index contributed by atoms with van der Waals surface area (Å²) in [6, 6.07) is 40.8. The van der Waals surface area contributed by atoms with Crippen LogP contribution in [0.15, 0.2) is 140 Å². The number of thioether (sulfide) groups is 2. The van der Waals surface area contributed by atoms with Gasteiger partial charge in [-0.1, -0.05) is 80.2 Å². The molecule has 0 N–H and O–H groups in total. The van der Waals surface area contributed by atoms with Crippen LogP contribution in [0.2, 0.25) is 0 Å². The van der Waals surface area contributed by atoms with Gasteiger partial charge in [-0.15, -0.1) is 11.8 Å². The Morgan fingerprint density at radius 3 is 2.00 bits per heavy atom. The zero-order valence-electron chi connectivity index (χ0n) is 29.1. The van der Waals surface area contributed by atoms with Crippen LogP contribution in [-0.4, -0.2) is 50.7 Å². The van der Waals surface area contributed by atoms with Crippen molar-refractivity contribution in [3.05, 3.63) is 127 Å². The van der Waals surface area contributed by atoms with Crippen molar-refractivity contribution in [3.63, 3.8) is 0 Å². The fraction of sp³-hybridized carbons (Fsp3) is 0.244. The number of benzene rings is 5. The molecule has 258 valence electrons. The molecule has 0 atom stereocenters. The summed E-state index contributed by atoms with van der Waals surface area (Å²) in [6.45, 7) is 10.5. The van der Waals surface area contributed by atoms with Crippen molar-refractivity contribution >= 4 is 50.2 Å². The Morgan fingerprint density at radius 2 is 1.34 bits per heavy atom. The molecular formula is C41H44N3O3S3+. The molecule has 0 spiro atoms. The maximum absolute atomic E-state index is 14.1. The van der Waals surface area contributed by atoms with Gasteiger partial charge in [-0.05, 0) is 62.4 Å². The molecule has 6 rings (SSSR count). The first-order valence-corrected chi connectivity index (χ1v) is 20.6. The Balaban J connectivity index is 1.54. The topological polar surface area (TPSA) is 56.8 Å². The van der Waals surface area contributed by atoms with Crippen molar-refractivity contribution < 1.29 is 12.8 Å². The minimum atomic E-state index is -3.76. The Bertz CT molecular complexity index is 2200. The molecule has 4 aromatic carbocycles. The van der Waals surface area contributed by atoms with E-state index in [0.717, 1.165) is 52.4 Å². The lowest BCUT2D eigenvalue weighted by atomic mass is 9.93. The maximum Gasteiger partial charge on any atom is 0.243 e. The first kappa shape index (κ1) is 35.8. The lowest BCUT2D eigenvalue weighted by Crippen LogP contribution is -2.31. The Kier molecular flexibility index (Phi) is 11.7. The number of rotatable bonds is 14. The van der Waals surface area contributed by atoms with E-state index in [0.29, 0.717) is 34.9 Å². The number of hydrogen-bond acceptors (Lipinski definition) is 6. The standard InChI is InChI=1S/C41H44N3O3S3/c1-5-42(29-48-33-17-11-9-12-18-33)31-23-25-35-38(27-31)47-39-28-32(43(6-2)30-49-34-19-13-10-14-20-34)24-26-36(39)41(35)37-21-15-16-22-40(37)50(45,46)44(7-3)8-4/h9-28H,5-8,29-30H2,1-4H3/q+1. The van der Waals surface area contributed by atoms with Gasteiger partial charge in [0.15, 0.2) is 5.88 Å². The van der Waals surface area contributed by atoms with Gasteiger partial charge in [0.25, 0.3) is 0 Å². The van der Waals surface area contributed by atoms with Gasteiger partial charge in [-0.25, -0.2) is 13.0 Å². The molecule has 0 saturated carbocycles. The molecule has 4 aromatic rings. The molecule has 0 unspecified atom stereocenters. The lowest BCUT2D eigenvalue weighted by Gasteiger charge is -2.24. The van der Waals surface area contributed by atoms with E-state index in [-0.39, 0.29) is 0 Å². The maximum atomic E-state index is 14.1. The number of nitrogens with zero attached hydrogens (tertiary/aromatic N) is 3. The van der Waals surface area contributed by atoms with Crippen LogP contribution in [0.4, 0.5) is 5.69 Å². The fourth-order valence-electron chi connectivity index (χ4n) is 6.19. The monoisotopic (exact) mass is 722 g/mol. The normalized spacial score (nSPS) is 12.5. The quantitative estimate of drug-likeness (QED) is 0.0484. The Labute approximate surface area is 304 Å². The van der Waals surface area contributed by atoms with Gasteiger partial charge in [0.1, 0.15) is 17.9 Å². The first-order valence-electron chi connectivity index (χ1n) is 17.2. The van der Waals surface area contributed by atoms with Crippen molar-refractivity contribution in [2.24, 2.45) is 0 Å². The Morgan fingerprint density at radius 1 is 0.680 bits per heavy atom. The number of sulfonamides is 1. The van der Waals surface area contributed by atoms with E-state index in [4.69, 9.17) is 4.42 Å². The molecule has 0 fully saturated rings. The zero-order valence-corrected chi connectivity index (χ0v) is 31.5. The number of fused-ring (bicyclic) bond motifs is 2. The van der Waals surface area contributed by atoms with E-state index in [1.165, 1.54) is 14.1 Å². The molecule has 0 aromatic heterocycles. The highest BCUT2D eigenvalue weighted by Gasteiger charge is 2.28. The second kappa shape index (κ2) is 16.3. The van der Waals surface area contributed by atoms with Gasteiger partial charge < -0.3 is 9.32 Å². The van der Waals surface area contributed by atoms with Crippen LogP contribution in [0.3, 0.4) is 0 Å². The van der Waals surface area contributed by atoms with Crippen LogP contribution in [0.1, 0.15) is 27.7 Å². The summed E-state index contributed by atoms with van der Waals surface area (Å²) in [4.78, 5) is 5.06.